The zero-order valence-corrected chi connectivity index (χ0v) is 14.8. The maximum atomic E-state index is 12.3. The first-order valence-electron chi connectivity index (χ1n) is 8.82. The van der Waals surface area contributed by atoms with Crippen molar-refractivity contribution in [3.63, 3.8) is 0 Å². The van der Waals surface area contributed by atoms with Crippen molar-refractivity contribution in [2.75, 3.05) is 5.32 Å². The van der Waals surface area contributed by atoms with Gasteiger partial charge in [0.1, 0.15) is 5.82 Å². The van der Waals surface area contributed by atoms with Crippen molar-refractivity contribution >= 4 is 46.4 Å². The van der Waals surface area contributed by atoms with Crippen LogP contribution in [-0.4, -0.2) is 26.1 Å². The van der Waals surface area contributed by atoms with Crippen LogP contribution < -0.4 is 5.32 Å². The second kappa shape index (κ2) is 6.59. The van der Waals surface area contributed by atoms with Gasteiger partial charge in [-0.3, -0.25) is 14.9 Å². The Balaban J connectivity index is 1.49. The summed E-state index contributed by atoms with van der Waals surface area (Å²) in [6, 6.07) is 13.6. The van der Waals surface area contributed by atoms with E-state index in [9.17, 15) is 4.79 Å². The molecule has 4 aromatic rings. The molecule has 6 heteroatoms. The minimum absolute atomic E-state index is 0.140. The smallest absolute Gasteiger partial charge is 0.257 e. The number of nitrogens with one attached hydrogen (secondary N) is 2. The van der Waals surface area contributed by atoms with Gasteiger partial charge in [0.15, 0.2) is 0 Å². The fraction of sp³-hybridized carbons (Fsp3) is 0. The summed E-state index contributed by atoms with van der Waals surface area (Å²) < 4.78 is 0. The molecule has 0 fully saturated rings. The quantitative estimate of drug-likeness (QED) is 0.537. The van der Waals surface area contributed by atoms with Gasteiger partial charge in [-0.05, 0) is 53.6 Å². The Hall–Kier alpha value is -4.06. The second-order valence-corrected chi connectivity index (χ2v) is 6.45. The number of hydrogen-bond acceptors (Lipinski definition) is 4. The highest BCUT2D eigenvalue weighted by atomic mass is 16.2. The number of pyridine rings is 2. The molecule has 1 aromatic carbocycles. The number of carbonyl (C=O) groups is 1. The number of anilines is 1. The SMILES string of the molecule is O=C1Nc2ncccc2/C1=C/c1ccc2c(/C=C/c3cccnc3)n[nH]c2c1. The van der Waals surface area contributed by atoms with Crippen LogP contribution in [0.3, 0.4) is 0 Å². The Morgan fingerprint density at radius 3 is 2.79 bits per heavy atom. The lowest BCUT2D eigenvalue weighted by Gasteiger charge is -1.99. The van der Waals surface area contributed by atoms with Crippen LogP contribution in [0.1, 0.15) is 22.4 Å². The number of fused-ring (bicyclic) bond motifs is 2. The van der Waals surface area contributed by atoms with Gasteiger partial charge in [0.25, 0.3) is 5.91 Å². The third kappa shape index (κ3) is 2.87. The lowest BCUT2D eigenvalue weighted by atomic mass is 10.0. The molecular weight excluding hydrogens is 350 g/mol. The summed E-state index contributed by atoms with van der Waals surface area (Å²) in [5.41, 5.74) is 5.12. The minimum atomic E-state index is -0.140. The van der Waals surface area contributed by atoms with Crippen LogP contribution in [0.2, 0.25) is 0 Å². The summed E-state index contributed by atoms with van der Waals surface area (Å²) in [4.78, 5) is 20.6. The van der Waals surface area contributed by atoms with Crippen molar-refractivity contribution in [2.45, 2.75) is 0 Å². The standard InChI is InChI=1S/C22H15N5O/c28-22-18(16-4-2-10-24-21(16)25-22)11-15-5-7-17-19(26-27-20(17)12-15)8-6-14-3-1-9-23-13-14/h1-13H,(H,26,27)(H,24,25,28)/b8-6+,18-11-. The largest absolute Gasteiger partial charge is 0.306 e. The van der Waals surface area contributed by atoms with Crippen molar-refractivity contribution in [3.05, 3.63) is 83.4 Å². The maximum Gasteiger partial charge on any atom is 0.257 e. The van der Waals surface area contributed by atoms with E-state index in [1.54, 1.807) is 18.6 Å². The lowest BCUT2D eigenvalue weighted by Crippen LogP contribution is -2.04. The van der Waals surface area contributed by atoms with Gasteiger partial charge in [-0.15, -0.1) is 0 Å². The normalized spacial score (nSPS) is 14.7. The third-order valence-corrected chi connectivity index (χ3v) is 4.62. The number of hydrogen-bond donors (Lipinski definition) is 2. The van der Waals surface area contributed by atoms with Crippen molar-refractivity contribution < 1.29 is 4.79 Å². The molecule has 5 rings (SSSR count). The molecule has 0 unspecified atom stereocenters. The van der Waals surface area contributed by atoms with E-state index in [0.717, 1.165) is 33.3 Å². The molecule has 0 radical (unpaired) electrons. The highest BCUT2D eigenvalue weighted by Gasteiger charge is 2.24. The fourth-order valence-corrected chi connectivity index (χ4v) is 3.25. The van der Waals surface area contributed by atoms with Crippen LogP contribution in [-0.2, 0) is 4.79 Å². The van der Waals surface area contributed by atoms with Crippen LogP contribution in [0, 0.1) is 0 Å². The molecular formula is C22H15N5O. The van der Waals surface area contributed by atoms with Crippen LogP contribution >= 0.6 is 0 Å². The average molecular weight is 365 g/mol. The Kier molecular flexibility index (Phi) is 3.80. The molecule has 134 valence electrons. The number of nitrogens with zero attached hydrogens (tertiary/aromatic N) is 3. The van der Waals surface area contributed by atoms with Gasteiger partial charge in [0.2, 0.25) is 0 Å². The molecule has 0 atom stereocenters. The van der Waals surface area contributed by atoms with Gasteiger partial charge in [0, 0.05) is 29.5 Å². The summed E-state index contributed by atoms with van der Waals surface area (Å²) in [5.74, 6) is 0.461. The zero-order valence-electron chi connectivity index (χ0n) is 14.8. The van der Waals surface area contributed by atoms with Crippen LogP contribution in [0.15, 0.2) is 61.1 Å². The molecule has 3 aromatic heterocycles. The number of carbonyl (C=O) groups excluding carboxylic acids is 1. The molecule has 4 heterocycles. The van der Waals surface area contributed by atoms with Gasteiger partial charge in [-0.2, -0.15) is 5.10 Å². The predicted molar refractivity (Wildman–Crippen MR) is 110 cm³/mol. The van der Waals surface area contributed by atoms with Crippen molar-refractivity contribution in [1.82, 2.24) is 20.2 Å². The van der Waals surface area contributed by atoms with Crippen LogP contribution in [0.25, 0.3) is 34.7 Å². The molecule has 0 aliphatic carbocycles. The molecule has 0 saturated carbocycles. The van der Waals surface area contributed by atoms with E-state index in [1.165, 1.54) is 0 Å². The molecule has 6 nitrogen and oxygen atoms in total. The molecule has 0 bridgehead atoms. The number of H-pyrrole nitrogens is 1. The summed E-state index contributed by atoms with van der Waals surface area (Å²) in [7, 11) is 0. The van der Waals surface area contributed by atoms with Crippen LogP contribution in [0.4, 0.5) is 5.82 Å². The molecule has 1 amide bonds. The van der Waals surface area contributed by atoms with Gasteiger partial charge in [-0.25, -0.2) is 4.98 Å². The Morgan fingerprint density at radius 2 is 1.89 bits per heavy atom. The van der Waals surface area contributed by atoms with E-state index < -0.39 is 0 Å². The van der Waals surface area contributed by atoms with E-state index >= 15 is 0 Å². The summed E-state index contributed by atoms with van der Waals surface area (Å²) >= 11 is 0. The molecule has 1 aliphatic heterocycles. The molecule has 2 N–H and O–H groups in total. The summed E-state index contributed by atoms with van der Waals surface area (Å²) in [5, 5.41) is 11.3. The minimum Gasteiger partial charge on any atom is -0.306 e. The first-order chi connectivity index (χ1) is 13.8. The van der Waals surface area contributed by atoms with Crippen molar-refractivity contribution in [3.8, 4) is 0 Å². The lowest BCUT2D eigenvalue weighted by molar-refractivity contribution is -0.110. The second-order valence-electron chi connectivity index (χ2n) is 6.45. The highest BCUT2D eigenvalue weighted by molar-refractivity contribution is 6.34. The molecule has 0 spiro atoms. The number of benzene rings is 1. The number of rotatable bonds is 3. The Morgan fingerprint density at radius 1 is 0.964 bits per heavy atom. The van der Waals surface area contributed by atoms with E-state index in [0.29, 0.717) is 11.4 Å². The van der Waals surface area contributed by atoms with Gasteiger partial charge in [-0.1, -0.05) is 18.2 Å². The highest BCUT2D eigenvalue weighted by Crippen LogP contribution is 2.31. The fourth-order valence-electron chi connectivity index (χ4n) is 3.25. The van der Waals surface area contributed by atoms with Crippen molar-refractivity contribution in [2.24, 2.45) is 0 Å². The molecule has 0 saturated heterocycles. The topological polar surface area (TPSA) is 83.6 Å². The van der Waals surface area contributed by atoms with E-state index in [4.69, 9.17) is 0 Å². The molecule has 1 aliphatic rings. The first kappa shape index (κ1) is 16.1. The number of aromatic amines is 1. The number of aromatic nitrogens is 4. The predicted octanol–water partition coefficient (Wildman–Crippen LogP) is 4.02. The zero-order chi connectivity index (χ0) is 18.9. The van der Waals surface area contributed by atoms with Crippen molar-refractivity contribution in [1.29, 1.82) is 0 Å². The van der Waals surface area contributed by atoms with Crippen LogP contribution in [0.5, 0.6) is 0 Å². The summed E-state index contributed by atoms with van der Waals surface area (Å²) in [6.07, 6.45) is 11.0. The summed E-state index contributed by atoms with van der Waals surface area (Å²) in [6.45, 7) is 0. The van der Waals surface area contributed by atoms with Gasteiger partial charge in [0.05, 0.1) is 16.8 Å². The Bertz CT molecular complexity index is 1250. The molecule has 28 heavy (non-hydrogen) atoms. The third-order valence-electron chi connectivity index (χ3n) is 4.62. The number of amides is 1. The van der Waals surface area contributed by atoms with E-state index in [2.05, 4.69) is 25.5 Å². The Labute approximate surface area is 160 Å². The van der Waals surface area contributed by atoms with Gasteiger partial charge >= 0.3 is 0 Å². The average Bonchev–Trinajstić information content (AvgIpc) is 3.28. The maximum absolute atomic E-state index is 12.3. The van der Waals surface area contributed by atoms with E-state index in [-0.39, 0.29) is 5.91 Å². The first-order valence-corrected chi connectivity index (χ1v) is 8.82. The van der Waals surface area contributed by atoms with E-state index in [1.807, 2.05) is 60.7 Å². The van der Waals surface area contributed by atoms with Gasteiger partial charge < -0.3 is 5.32 Å². The monoisotopic (exact) mass is 365 g/mol.